The molecule has 0 aliphatic rings. The second-order valence-electron chi connectivity index (χ2n) is 7.64. The Morgan fingerprint density at radius 2 is 2.00 bits per heavy atom. The largest absolute Gasteiger partial charge is 0.489 e. The Kier molecular flexibility index (Phi) is 10.3. The maximum atomic E-state index is 12.0. The summed E-state index contributed by atoms with van der Waals surface area (Å²) in [5.74, 6) is 0.292. The fourth-order valence-electron chi connectivity index (χ4n) is 2.12. The number of amides is 1. The van der Waals surface area contributed by atoms with Crippen molar-refractivity contribution in [3.8, 4) is 11.8 Å². The predicted octanol–water partition coefficient (Wildman–Crippen LogP) is 3.09. The Morgan fingerprint density at radius 1 is 1.35 bits per heavy atom. The lowest BCUT2D eigenvalue weighted by atomic mass is 9.92. The average Bonchev–Trinajstić information content (AvgIpc) is 2.49. The summed E-state index contributed by atoms with van der Waals surface area (Å²) in [5.41, 5.74) is 0.767. The number of aliphatic hydroxyl groups excluding tert-OH is 1. The third kappa shape index (κ3) is 9.62. The summed E-state index contributed by atoms with van der Waals surface area (Å²) in [6.45, 7) is 10.5. The molecule has 0 heterocycles. The van der Waals surface area contributed by atoms with Crippen molar-refractivity contribution in [2.45, 2.75) is 53.2 Å². The molecule has 0 bridgehead atoms. The highest BCUT2D eigenvalue weighted by Crippen LogP contribution is 2.24. The highest BCUT2D eigenvalue weighted by molar-refractivity contribution is 5.91. The van der Waals surface area contributed by atoms with Crippen LogP contribution in [0.3, 0.4) is 0 Å². The van der Waals surface area contributed by atoms with E-state index in [9.17, 15) is 15.2 Å². The standard InChI is InChI=1S/C19H29N3O3.ClH/c1-13(2)21-11-16(23)12-25-17-7-6-15(8-14(17)10-20)22-18(24)9-19(3,4)5;/h6-8,13,16,21,23H,9,11-12H2,1-5H3,(H,22,24);1H. The molecule has 0 saturated carbocycles. The number of benzene rings is 1. The van der Waals surface area contributed by atoms with E-state index >= 15 is 0 Å². The van der Waals surface area contributed by atoms with Crippen LogP contribution in [0.5, 0.6) is 5.75 Å². The Bertz CT molecular complexity index is 621. The van der Waals surface area contributed by atoms with Gasteiger partial charge >= 0.3 is 0 Å². The highest BCUT2D eigenvalue weighted by Gasteiger charge is 2.16. The van der Waals surface area contributed by atoms with Crippen LogP contribution in [0.2, 0.25) is 0 Å². The molecule has 1 unspecified atom stereocenters. The van der Waals surface area contributed by atoms with Crippen molar-refractivity contribution < 1.29 is 14.6 Å². The number of aliphatic hydroxyl groups is 1. The number of nitrogens with one attached hydrogen (secondary N) is 2. The van der Waals surface area contributed by atoms with E-state index in [1.165, 1.54) is 0 Å². The van der Waals surface area contributed by atoms with Gasteiger partial charge in [-0.25, -0.2) is 0 Å². The van der Waals surface area contributed by atoms with Crippen LogP contribution in [-0.2, 0) is 4.79 Å². The molecule has 1 atom stereocenters. The molecule has 7 heteroatoms. The molecule has 0 aromatic heterocycles. The van der Waals surface area contributed by atoms with E-state index in [1.807, 2.05) is 34.6 Å². The molecular formula is C19H30ClN3O3. The molecule has 1 aromatic carbocycles. The molecular weight excluding hydrogens is 354 g/mol. The number of halogens is 1. The number of ether oxygens (including phenoxy) is 1. The van der Waals surface area contributed by atoms with Gasteiger partial charge in [-0.2, -0.15) is 5.26 Å². The van der Waals surface area contributed by atoms with Crippen LogP contribution in [0, 0.1) is 16.7 Å². The molecule has 1 aromatic rings. The van der Waals surface area contributed by atoms with Gasteiger partial charge in [0.15, 0.2) is 0 Å². The van der Waals surface area contributed by atoms with Gasteiger partial charge in [0, 0.05) is 24.7 Å². The minimum absolute atomic E-state index is 0. The zero-order valence-corrected chi connectivity index (χ0v) is 16.9. The van der Waals surface area contributed by atoms with Crippen LogP contribution in [0.4, 0.5) is 5.69 Å². The number of anilines is 1. The lowest BCUT2D eigenvalue weighted by Gasteiger charge is -2.18. The first-order valence-corrected chi connectivity index (χ1v) is 8.49. The topological polar surface area (TPSA) is 94.4 Å². The molecule has 6 nitrogen and oxygen atoms in total. The van der Waals surface area contributed by atoms with Crippen LogP contribution >= 0.6 is 12.4 Å². The molecule has 0 saturated heterocycles. The zero-order valence-electron chi connectivity index (χ0n) is 16.1. The quantitative estimate of drug-likeness (QED) is 0.641. The van der Waals surface area contributed by atoms with E-state index in [4.69, 9.17) is 4.74 Å². The Hall–Kier alpha value is -1.81. The van der Waals surface area contributed by atoms with Gasteiger partial charge in [-0.3, -0.25) is 4.79 Å². The van der Waals surface area contributed by atoms with Gasteiger partial charge in [0.2, 0.25) is 5.91 Å². The number of carbonyl (C=O) groups excluding carboxylic acids is 1. The van der Waals surface area contributed by atoms with Gasteiger partial charge < -0.3 is 20.5 Å². The summed E-state index contributed by atoms with van der Waals surface area (Å²) in [4.78, 5) is 12.0. The summed E-state index contributed by atoms with van der Waals surface area (Å²) in [6.07, 6.45) is -0.276. The van der Waals surface area contributed by atoms with Crippen LogP contribution in [0.1, 0.15) is 46.6 Å². The van der Waals surface area contributed by atoms with Crippen molar-refractivity contribution in [3.63, 3.8) is 0 Å². The van der Waals surface area contributed by atoms with Gasteiger partial charge in [-0.05, 0) is 23.6 Å². The number of nitriles is 1. The third-order valence-electron chi connectivity index (χ3n) is 3.27. The summed E-state index contributed by atoms with van der Waals surface area (Å²) < 4.78 is 5.54. The molecule has 0 aliphatic heterocycles. The monoisotopic (exact) mass is 383 g/mol. The minimum Gasteiger partial charge on any atom is -0.489 e. The minimum atomic E-state index is -0.667. The van der Waals surface area contributed by atoms with E-state index in [2.05, 4.69) is 16.7 Å². The summed E-state index contributed by atoms with van der Waals surface area (Å²) in [7, 11) is 0. The molecule has 0 radical (unpaired) electrons. The van der Waals surface area contributed by atoms with Crippen molar-refractivity contribution in [2.75, 3.05) is 18.5 Å². The maximum Gasteiger partial charge on any atom is 0.224 e. The van der Waals surface area contributed by atoms with Crippen molar-refractivity contribution in [1.82, 2.24) is 5.32 Å². The number of hydrogen-bond donors (Lipinski definition) is 3. The van der Waals surface area contributed by atoms with Crippen molar-refractivity contribution >= 4 is 24.0 Å². The molecule has 146 valence electrons. The molecule has 0 aliphatic carbocycles. The van der Waals surface area contributed by atoms with Crippen molar-refractivity contribution in [1.29, 1.82) is 5.26 Å². The Labute approximate surface area is 162 Å². The van der Waals surface area contributed by atoms with Crippen LogP contribution < -0.4 is 15.4 Å². The summed E-state index contributed by atoms with van der Waals surface area (Å²) in [5, 5.41) is 25.1. The first kappa shape index (κ1) is 24.2. The van der Waals surface area contributed by atoms with Crippen molar-refractivity contribution in [2.24, 2.45) is 5.41 Å². The number of rotatable bonds is 8. The Morgan fingerprint density at radius 3 is 2.54 bits per heavy atom. The van der Waals surface area contributed by atoms with Crippen LogP contribution in [0.15, 0.2) is 18.2 Å². The first-order valence-electron chi connectivity index (χ1n) is 8.49. The van der Waals surface area contributed by atoms with Gasteiger partial charge in [0.1, 0.15) is 24.5 Å². The SMILES string of the molecule is CC(C)NCC(O)COc1ccc(NC(=O)CC(C)(C)C)cc1C#N.Cl. The van der Waals surface area contributed by atoms with E-state index in [-0.39, 0.29) is 36.4 Å². The lowest BCUT2D eigenvalue weighted by Crippen LogP contribution is -2.35. The van der Waals surface area contributed by atoms with E-state index in [1.54, 1.807) is 18.2 Å². The van der Waals surface area contributed by atoms with E-state index in [0.29, 0.717) is 30.0 Å². The van der Waals surface area contributed by atoms with Gasteiger partial charge in [-0.1, -0.05) is 34.6 Å². The average molecular weight is 384 g/mol. The normalized spacial score (nSPS) is 12.1. The number of carbonyl (C=O) groups is 1. The lowest BCUT2D eigenvalue weighted by molar-refractivity contribution is -0.117. The van der Waals surface area contributed by atoms with E-state index in [0.717, 1.165) is 0 Å². The molecule has 3 N–H and O–H groups in total. The molecule has 0 fully saturated rings. The summed E-state index contributed by atoms with van der Waals surface area (Å²) in [6, 6.07) is 7.24. The van der Waals surface area contributed by atoms with Gasteiger partial charge in [0.25, 0.3) is 0 Å². The molecule has 1 rings (SSSR count). The first-order chi connectivity index (χ1) is 11.6. The fraction of sp³-hybridized carbons (Fsp3) is 0.579. The van der Waals surface area contributed by atoms with Crippen molar-refractivity contribution in [3.05, 3.63) is 23.8 Å². The zero-order chi connectivity index (χ0) is 19.0. The maximum absolute atomic E-state index is 12.0. The van der Waals surface area contributed by atoms with E-state index < -0.39 is 6.10 Å². The molecule has 1 amide bonds. The summed E-state index contributed by atoms with van der Waals surface area (Å²) >= 11 is 0. The molecule has 0 spiro atoms. The van der Waals surface area contributed by atoms with Gasteiger partial charge in [-0.15, -0.1) is 12.4 Å². The second-order valence-corrected chi connectivity index (χ2v) is 7.64. The predicted molar refractivity (Wildman–Crippen MR) is 106 cm³/mol. The highest BCUT2D eigenvalue weighted by atomic mass is 35.5. The fourth-order valence-corrected chi connectivity index (χ4v) is 2.12. The smallest absolute Gasteiger partial charge is 0.224 e. The Balaban J connectivity index is 0.00000625. The second kappa shape index (κ2) is 11.0. The van der Waals surface area contributed by atoms with Crippen LogP contribution in [0.25, 0.3) is 0 Å². The number of hydrogen-bond acceptors (Lipinski definition) is 5. The van der Waals surface area contributed by atoms with Crippen LogP contribution in [-0.4, -0.2) is 36.3 Å². The van der Waals surface area contributed by atoms with Gasteiger partial charge in [0.05, 0.1) is 5.56 Å². The number of nitrogens with zero attached hydrogens (tertiary/aromatic N) is 1. The molecule has 26 heavy (non-hydrogen) atoms. The third-order valence-corrected chi connectivity index (χ3v) is 3.27.